The van der Waals surface area contributed by atoms with Gasteiger partial charge in [-0.1, -0.05) is 17.7 Å². The fourth-order valence-electron chi connectivity index (χ4n) is 1.94. The quantitative estimate of drug-likeness (QED) is 0.824. The molecular weight excluding hydrogens is 222 g/mol. The van der Waals surface area contributed by atoms with Gasteiger partial charge < -0.3 is 5.73 Å². The van der Waals surface area contributed by atoms with E-state index in [1.165, 1.54) is 0 Å². The van der Waals surface area contributed by atoms with Crippen LogP contribution >= 0.6 is 11.6 Å². The molecule has 2 aromatic rings. The Morgan fingerprint density at radius 2 is 2.06 bits per heavy atom. The standard InChI is InChI=1S/C12H12ClN3/c1-6-2-5-8(13)10-9(6)11(14)16-12(15-10)7-3-4-7/h2,5,7H,3-4H2,1H3,(H2,14,15,16). The summed E-state index contributed by atoms with van der Waals surface area (Å²) >= 11 is 6.15. The van der Waals surface area contributed by atoms with Gasteiger partial charge in [-0.3, -0.25) is 0 Å². The Labute approximate surface area is 98.6 Å². The summed E-state index contributed by atoms with van der Waals surface area (Å²) in [7, 11) is 0. The summed E-state index contributed by atoms with van der Waals surface area (Å²) in [6, 6.07) is 3.81. The minimum absolute atomic E-state index is 0.489. The number of benzene rings is 1. The van der Waals surface area contributed by atoms with Crippen molar-refractivity contribution >= 4 is 28.3 Å². The Hall–Kier alpha value is -1.35. The fourth-order valence-corrected chi connectivity index (χ4v) is 2.14. The molecule has 3 nitrogen and oxygen atoms in total. The van der Waals surface area contributed by atoms with Crippen molar-refractivity contribution in [3.63, 3.8) is 0 Å². The number of hydrogen-bond donors (Lipinski definition) is 1. The summed E-state index contributed by atoms with van der Waals surface area (Å²) in [6.45, 7) is 2.00. The number of nitrogens with zero attached hydrogens (tertiary/aromatic N) is 2. The predicted octanol–water partition coefficient (Wildman–Crippen LogP) is 3.05. The molecule has 0 saturated heterocycles. The van der Waals surface area contributed by atoms with Gasteiger partial charge in [0.15, 0.2) is 0 Å². The number of aromatic nitrogens is 2. The number of aryl methyl sites for hydroxylation is 1. The normalized spacial score (nSPS) is 15.6. The molecule has 16 heavy (non-hydrogen) atoms. The Morgan fingerprint density at radius 3 is 2.75 bits per heavy atom. The van der Waals surface area contributed by atoms with Crippen molar-refractivity contribution < 1.29 is 0 Å². The van der Waals surface area contributed by atoms with Crippen molar-refractivity contribution in [3.8, 4) is 0 Å². The van der Waals surface area contributed by atoms with E-state index in [0.717, 1.165) is 35.1 Å². The topological polar surface area (TPSA) is 51.8 Å². The molecule has 1 saturated carbocycles. The number of halogens is 1. The van der Waals surface area contributed by atoms with Crippen LogP contribution in [0, 0.1) is 6.92 Å². The van der Waals surface area contributed by atoms with Gasteiger partial charge in [-0.05, 0) is 31.4 Å². The van der Waals surface area contributed by atoms with E-state index in [9.17, 15) is 0 Å². The molecule has 1 aliphatic rings. The molecule has 82 valence electrons. The van der Waals surface area contributed by atoms with Gasteiger partial charge in [0.05, 0.1) is 10.5 Å². The molecule has 0 aliphatic heterocycles. The second kappa shape index (κ2) is 3.32. The second-order valence-corrected chi connectivity index (χ2v) is 4.74. The minimum Gasteiger partial charge on any atom is -0.383 e. The van der Waals surface area contributed by atoms with Crippen LogP contribution in [0.15, 0.2) is 12.1 Å². The first-order valence-electron chi connectivity index (χ1n) is 5.39. The van der Waals surface area contributed by atoms with Crippen molar-refractivity contribution in [1.29, 1.82) is 0 Å². The third-order valence-corrected chi connectivity index (χ3v) is 3.30. The molecule has 3 rings (SSSR count). The summed E-state index contributed by atoms with van der Waals surface area (Å²) < 4.78 is 0. The molecule has 1 aromatic carbocycles. The maximum atomic E-state index is 6.15. The minimum atomic E-state index is 0.489. The molecule has 0 amide bonds. The molecule has 0 atom stereocenters. The van der Waals surface area contributed by atoms with Crippen LogP contribution in [0.3, 0.4) is 0 Å². The number of fused-ring (bicyclic) bond motifs is 1. The maximum absolute atomic E-state index is 6.15. The summed E-state index contributed by atoms with van der Waals surface area (Å²) in [5.41, 5.74) is 7.84. The van der Waals surface area contributed by atoms with E-state index < -0.39 is 0 Å². The molecule has 1 aliphatic carbocycles. The third kappa shape index (κ3) is 1.43. The maximum Gasteiger partial charge on any atom is 0.135 e. The van der Waals surface area contributed by atoms with Crippen molar-refractivity contribution in [2.45, 2.75) is 25.7 Å². The summed E-state index contributed by atoms with van der Waals surface area (Å²) in [6.07, 6.45) is 2.32. The van der Waals surface area contributed by atoms with Crippen molar-refractivity contribution in [2.24, 2.45) is 0 Å². The van der Waals surface area contributed by atoms with Crippen molar-refractivity contribution in [2.75, 3.05) is 5.73 Å². The molecule has 4 heteroatoms. The average Bonchev–Trinajstić information content (AvgIpc) is 3.06. The number of anilines is 1. The van der Waals surface area contributed by atoms with Crippen molar-refractivity contribution in [1.82, 2.24) is 9.97 Å². The molecular formula is C12H12ClN3. The van der Waals surface area contributed by atoms with Gasteiger partial charge in [0, 0.05) is 11.3 Å². The summed E-state index contributed by atoms with van der Waals surface area (Å²) in [5.74, 6) is 1.88. The van der Waals surface area contributed by atoms with Gasteiger partial charge in [0.25, 0.3) is 0 Å². The number of hydrogen-bond acceptors (Lipinski definition) is 3. The Balaban J connectivity index is 2.36. The molecule has 1 aromatic heterocycles. The SMILES string of the molecule is Cc1ccc(Cl)c2nc(C3CC3)nc(N)c12. The zero-order valence-corrected chi connectivity index (χ0v) is 9.75. The van der Waals surface area contributed by atoms with E-state index in [1.54, 1.807) is 0 Å². The highest BCUT2D eigenvalue weighted by Crippen LogP contribution is 2.40. The first-order valence-corrected chi connectivity index (χ1v) is 5.77. The lowest BCUT2D eigenvalue weighted by molar-refractivity contribution is 0.952. The van der Waals surface area contributed by atoms with E-state index in [2.05, 4.69) is 9.97 Å². The molecule has 0 unspecified atom stereocenters. The highest BCUT2D eigenvalue weighted by molar-refractivity contribution is 6.35. The summed E-state index contributed by atoms with van der Waals surface area (Å²) in [4.78, 5) is 8.91. The van der Waals surface area contributed by atoms with E-state index in [0.29, 0.717) is 16.8 Å². The summed E-state index contributed by atoms with van der Waals surface area (Å²) in [5, 5.41) is 1.54. The fraction of sp³-hybridized carbons (Fsp3) is 0.333. The average molecular weight is 234 g/mol. The van der Waals surface area contributed by atoms with Gasteiger partial charge >= 0.3 is 0 Å². The van der Waals surface area contributed by atoms with Crippen LogP contribution in [0.5, 0.6) is 0 Å². The highest BCUT2D eigenvalue weighted by atomic mass is 35.5. The van der Waals surface area contributed by atoms with E-state index in [1.807, 2.05) is 19.1 Å². The van der Waals surface area contributed by atoms with Gasteiger partial charge in [0.2, 0.25) is 0 Å². The monoisotopic (exact) mass is 233 g/mol. The Morgan fingerprint density at radius 1 is 1.31 bits per heavy atom. The zero-order valence-electron chi connectivity index (χ0n) is 9.00. The third-order valence-electron chi connectivity index (χ3n) is 3.00. The van der Waals surface area contributed by atoms with Crippen molar-refractivity contribution in [3.05, 3.63) is 28.5 Å². The first kappa shape index (κ1) is 9.85. The zero-order chi connectivity index (χ0) is 11.3. The van der Waals surface area contributed by atoms with Gasteiger partial charge in [-0.2, -0.15) is 0 Å². The molecule has 0 spiro atoms. The van der Waals surface area contributed by atoms with Gasteiger partial charge in [0.1, 0.15) is 11.6 Å². The van der Waals surface area contributed by atoms with Crippen LogP contribution in [0.4, 0.5) is 5.82 Å². The molecule has 1 fully saturated rings. The molecule has 2 N–H and O–H groups in total. The second-order valence-electron chi connectivity index (χ2n) is 4.33. The lowest BCUT2D eigenvalue weighted by Crippen LogP contribution is -2.01. The lowest BCUT2D eigenvalue weighted by atomic mass is 10.1. The first-order chi connectivity index (χ1) is 7.66. The van der Waals surface area contributed by atoms with Crippen LogP contribution in [0.25, 0.3) is 10.9 Å². The number of nitrogen functional groups attached to an aromatic ring is 1. The van der Waals surface area contributed by atoms with Crippen LogP contribution in [0.1, 0.15) is 30.1 Å². The predicted molar refractivity (Wildman–Crippen MR) is 65.7 cm³/mol. The highest BCUT2D eigenvalue weighted by Gasteiger charge is 2.27. The van der Waals surface area contributed by atoms with E-state index in [4.69, 9.17) is 17.3 Å². The Kier molecular flexibility index (Phi) is 2.04. The van der Waals surface area contributed by atoms with Crippen LogP contribution in [0.2, 0.25) is 5.02 Å². The largest absolute Gasteiger partial charge is 0.383 e. The Bertz CT molecular complexity index is 576. The van der Waals surface area contributed by atoms with E-state index >= 15 is 0 Å². The molecule has 0 radical (unpaired) electrons. The lowest BCUT2D eigenvalue weighted by Gasteiger charge is -2.08. The number of rotatable bonds is 1. The van der Waals surface area contributed by atoms with Crippen LogP contribution < -0.4 is 5.73 Å². The number of nitrogens with two attached hydrogens (primary N) is 1. The van der Waals surface area contributed by atoms with Gasteiger partial charge in [-0.15, -0.1) is 0 Å². The van der Waals surface area contributed by atoms with E-state index in [-0.39, 0.29) is 0 Å². The van der Waals surface area contributed by atoms with Gasteiger partial charge in [-0.25, -0.2) is 9.97 Å². The molecule has 1 heterocycles. The molecule has 0 bridgehead atoms. The smallest absolute Gasteiger partial charge is 0.135 e. The van der Waals surface area contributed by atoms with Crippen LogP contribution in [-0.2, 0) is 0 Å². The van der Waals surface area contributed by atoms with Crippen LogP contribution in [-0.4, -0.2) is 9.97 Å².